The molecule has 2 aromatic rings. The van der Waals surface area contributed by atoms with E-state index in [0.717, 1.165) is 11.1 Å². The van der Waals surface area contributed by atoms with Crippen LogP contribution in [0.15, 0.2) is 48.5 Å². The quantitative estimate of drug-likeness (QED) is 0.704. The Morgan fingerprint density at radius 1 is 0.926 bits per heavy atom. The van der Waals surface area contributed by atoms with Crippen LogP contribution in [0.5, 0.6) is 0 Å². The van der Waals surface area contributed by atoms with Crippen molar-refractivity contribution in [3.8, 4) is 11.1 Å². The van der Waals surface area contributed by atoms with Crippen LogP contribution in [0.25, 0.3) is 11.1 Å². The molecule has 142 valence electrons. The lowest BCUT2D eigenvalue weighted by Crippen LogP contribution is -2.30. The van der Waals surface area contributed by atoms with Gasteiger partial charge >= 0.3 is 5.97 Å². The summed E-state index contributed by atoms with van der Waals surface area (Å²) in [5.74, 6) is -1.14. The molecule has 1 saturated carbocycles. The van der Waals surface area contributed by atoms with E-state index < -0.39 is 12.2 Å². The highest BCUT2D eigenvalue weighted by Gasteiger charge is 2.42. The molecule has 0 spiro atoms. The lowest BCUT2D eigenvalue weighted by atomic mass is 9.98. The van der Waals surface area contributed by atoms with Crippen molar-refractivity contribution in [2.75, 3.05) is 13.2 Å². The molecule has 2 aliphatic rings. The van der Waals surface area contributed by atoms with Crippen molar-refractivity contribution >= 4 is 5.97 Å². The zero-order valence-corrected chi connectivity index (χ0v) is 15.0. The number of carbonyl (C=O) groups is 1. The molecule has 0 bridgehead atoms. The predicted octanol–water partition coefficient (Wildman–Crippen LogP) is 2.08. The van der Waals surface area contributed by atoms with Crippen LogP contribution in [0.1, 0.15) is 29.9 Å². The second-order valence-corrected chi connectivity index (χ2v) is 7.53. The number of ether oxygens (including phenoxy) is 1. The third-order valence-electron chi connectivity index (χ3n) is 5.96. The number of carbonyl (C=O) groups excluding carboxylic acids is 1. The Morgan fingerprint density at radius 2 is 1.48 bits per heavy atom. The van der Waals surface area contributed by atoms with Crippen LogP contribution in [0.2, 0.25) is 0 Å². The number of benzene rings is 2. The fourth-order valence-corrected chi connectivity index (χ4v) is 4.50. The van der Waals surface area contributed by atoms with E-state index in [9.17, 15) is 20.1 Å². The van der Waals surface area contributed by atoms with Gasteiger partial charge in [-0.15, -0.1) is 0 Å². The normalized spacial score (nSPS) is 26.6. The number of hydrogen-bond donors (Lipinski definition) is 3. The number of aliphatic hydroxyl groups is 3. The maximum atomic E-state index is 12.3. The maximum absolute atomic E-state index is 12.3. The third kappa shape index (κ3) is 3.27. The van der Waals surface area contributed by atoms with Crippen molar-refractivity contribution in [1.29, 1.82) is 0 Å². The van der Waals surface area contributed by atoms with E-state index in [2.05, 4.69) is 24.3 Å². The summed E-state index contributed by atoms with van der Waals surface area (Å²) in [6.45, 7) is 0.0566. The van der Waals surface area contributed by atoms with E-state index in [0.29, 0.717) is 6.42 Å². The Labute approximate surface area is 158 Å². The van der Waals surface area contributed by atoms with E-state index >= 15 is 0 Å². The zero-order chi connectivity index (χ0) is 19.0. The molecular weight excluding hydrogens is 344 g/mol. The highest BCUT2D eigenvalue weighted by atomic mass is 16.5. The van der Waals surface area contributed by atoms with Gasteiger partial charge in [0.15, 0.2) is 0 Å². The molecule has 0 saturated heterocycles. The summed E-state index contributed by atoms with van der Waals surface area (Å²) in [5, 5.41) is 29.2. The lowest BCUT2D eigenvalue weighted by molar-refractivity contribution is -0.146. The highest BCUT2D eigenvalue weighted by molar-refractivity contribution is 5.79. The van der Waals surface area contributed by atoms with Gasteiger partial charge in [-0.25, -0.2) is 0 Å². The first-order valence-electron chi connectivity index (χ1n) is 9.41. The molecule has 0 unspecified atom stereocenters. The first-order chi connectivity index (χ1) is 13.1. The molecule has 4 atom stereocenters. The molecule has 5 nitrogen and oxygen atoms in total. The average Bonchev–Trinajstić information content (AvgIpc) is 3.16. The number of aliphatic hydroxyl groups excluding tert-OH is 3. The molecule has 0 amide bonds. The summed E-state index contributed by atoms with van der Waals surface area (Å²) in [7, 11) is 0. The van der Waals surface area contributed by atoms with Gasteiger partial charge in [0.05, 0.1) is 18.6 Å². The smallest absolute Gasteiger partial charge is 0.306 e. The Kier molecular flexibility index (Phi) is 5.00. The molecule has 0 aliphatic heterocycles. The van der Waals surface area contributed by atoms with E-state index in [1.54, 1.807) is 0 Å². The van der Waals surface area contributed by atoms with Crippen molar-refractivity contribution in [1.82, 2.24) is 0 Å². The van der Waals surface area contributed by atoms with Gasteiger partial charge in [0.25, 0.3) is 0 Å². The molecule has 3 N–H and O–H groups in total. The molecule has 4 rings (SSSR count). The van der Waals surface area contributed by atoms with Crippen LogP contribution in [0.3, 0.4) is 0 Å². The topological polar surface area (TPSA) is 87.0 Å². The summed E-state index contributed by atoms with van der Waals surface area (Å²) in [5.41, 5.74) is 4.66. The molecule has 1 fully saturated rings. The SMILES string of the molecule is O=C(C[C@@H]1C[C@H](CO)[C@@H](O)[C@H]1O)OCC1c2ccccc2-c2ccccc21. The van der Waals surface area contributed by atoms with Crippen LogP contribution in [0.4, 0.5) is 0 Å². The average molecular weight is 368 g/mol. The van der Waals surface area contributed by atoms with E-state index in [-0.39, 0.29) is 43.4 Å². The molecule has 0 heterocycles. The van der Waals surface area contributed by atoms with Crippen LogP contribution in [-0.4, -0.2) is 46.7 Å². The van der Waals surface area contributed by atoms with Gasteiger partial charge in [-0.1, -0.05) is 48.5 Å². The first-order valence-corrected chi connectivity index (χ1v) is 9.41. The summed E-state index contributed by atoms with van der Waals surface area (Å²) in [6, 6.07) is 16.3. The fourth-order valence-electron chi connectivity index (χ4n) is 4.50. The number of esters is 1. The summed E-state index contributed by atoms with van der Waals surface area (Å²) >= 11 is 0. The molecule has 5 heteroatoms. The first kappa shape index (κ1) is 18.2. The van der Waals surface area contributed by atoms with Crippen LogP contribution >= 0.6 is 0 Å². The monoisotopic (exact) mass is 368 g/mol. The molecule has 2 aliphatic carbocycles. The van der Waals surface area contributed by atoms with Crippen LogP contribution in [-0.2, 0) is 9.53 Å². The number of rotatable bonds is 5. The second-order valence-electron chi connectivity index (χ2n) is 7.53. The number of fused-ring (bicyclic) bond motifs is 3. The third-order valence-corrected chi connectivity index (χ3v) is 5.96. The van der Waals surface area contributed by atoms with Gasteiger partial charge in [-0.3, -0.25) is 4.79 Å². The van der Waals surface area contributed by atoms with Crippen molar-refractivity contribution < 1.29 is 24.9 Å². The van der Waals surface area contributed by atoms with Crippen molar-refractivity contribution in [3.05, 3.63) is 59.7 Å². The van der Waals surface area contributed by atoms with Gasteiger partial charge in [0, 0.05) is 18.4 Å². The van der Waals surface area contributed by atoms with E-state index in [4.69, 9.17) is 4.74 Å². The van der Waals surface area contributed by atoms with Crippen molar-refractivity contribution in [2.24, 2.45) is 11.8 Å². The van der Waals surface area contributed by atoms with Gasteiger partial charge in [0.2, 0.25) is 0 Å². The standard InChI is InChI=1S/C22H24O5/c23-11-14-9-13(21(25)22(14)26)10-20(24)27-12-19-17-7-3-1-5-15(17)16-6-2-4-8-18(16)19/h1-8,13-14,19,21-23,25-26H,9-12H2/t13-,14+,21-,22+/m0/s1. The minimum Gasteiger partial charge on any atom is -0.465 e. The highest BCUT2D eigenvalue weighted by Crippen LogP contribution is 2.44. The molecule has 2 aromatic carbocycles. The summed E-state index contributed by atoms with van der Waals surface area (Å²) < 4.78 is 5.56. The Balaban J connectivity index is 1.43. The second kappa shape index (κ2) is 7.43. The molecule has 0 aromatic heterocycles. The van der Waals surface area contributed by atoms with E-state index in [1.165, 1.54) is 11.1 Å². The fraction of sp³-hybridized carbons (Fsp3) is 0.409. The largest absolute Gasteiger partial charge is 0.465 e. The maximum Gasteiger partial charge on any atom is 0.306 e. The lowest BCUT2D eigenvalue weighted by Gasteiger charge is -2.17. The van der Waals surface area contributed by atoms with E-state index in [1.807, 2.05) is 24.3 Å². The summed E-state index contributed by atoms with van der Waals surface area (Å²) in [6.07, 6.45) is -1.52. The van der Waals surface area contributed by atoms with Gasteiger partial charge in [-0.05, 0) is 34.6 Å². The Hall–Kier alpha value is -2.21. The van der Waals surface area contributed by atoms with Gasteiger partial charge in [-0.2, -0.15) is 0 Å². The van der Waals surface area contributed by atoms with Gasteiger partial charge < -0.3 is 20.1 Å². The zero-order valence-electron chi connectivity index (χ0n) is 15.0. The van der Waals surface area contributed by atoms with Crippen molar-refractivity contribution in [2.45, 2.75) is 31.0 Å². The van der Waals surface area contributed by atoms with Crippen LogP contribution < -0.4 is 0 Å². The molecule has 27 heavy (non-hydrogen) atoms. The molecular formula is C22H24O5. The minimum absolute atomic E-state index is 0.00521. The van der Waals surface area contributed by atoms with Crippen molar-refractivity contribution in [3.63, 3.8) is 0 Å². The Bertz CT molecular complexity index is 787. The number of hydrogen-bond acceptors (Lipinski definition) is 5. The minimum atomic E-state index is -0.998. The van der Waals surface area contributed by atoms with Crippen LogP contribution in [0, 0.1) is 11.8 Å². The Morgan fingerprint density at radius 3 is 2.04 bits per heavy atom. The van der Waals surface area contributed by atoms with Gasteiger partial charge in [0.1, 0.15) is 6.61 Å². The molecule has 0 radical (unpaired) electrons. The summed E-state index contributed by atoms with van der Waals surface area (Å²) in [4.78, 5) is 12.3. The predicted molar refractivity (Wildman–Crippen MR) is 100.0 cm³/mol.